The van der Waals surface area contributed by atoms with Gasteiger partial charge in [0.25, 0.3) is 5.89 Å². The highest BCUT2D eigenvalue weighted by molar-refractivity contribution is 6.32. The maximum absolute atomic E-state index is 6.35. The van der Waals surface area contributed by atoms with Crippen molar-refractivity contribution in [2.75, 3.05) is 13.7 Å². The molecular weight excluding hydrogens is 354 g/mol. The summed E-state index contributed by atoms with van der Waals surface area (Å²) in [6.45, 7) is 3.07. The number of aromatic nitrogens is 2. The number of halogens is 1. The second-order valence-corrected chi connectivity index (χ2v) is 6.07. The quantitative estimate of drug-likeness (QED) is 0.664. The first kappa shape index (κ1) is 18.2. The van der Waals surface area contributed by atoms with Crippen molar-refractivity contribution in [3.63, 3.8) is 0 Å². The van der Waals surface area contributed by atoms with Crippen molar-refractivity contribution in [3.8, 4) is 34.3 Å². The second-order valence-electron chi connectivity index (χ2n) is 5.66. The summed E-state index contributed by atoms with van der Waals surface area (Å²) in [4.78, 5) is 4.45. The Balaban J connectivity index is 1.92. The summed E-state index contributed by atoms with van der Waals surface area (Å²) in [5.41, 5.74) is 8.16. The number of benzene rings is 2. The fourth-order valence-corrected chi connectivity index (χ4v) is 2.70. The fourth-order valence-electron chi connectivity index (χ4n) is 2.44. The van der Waals surface area contributed by atoms with Crippen LogP contribution in [0.4, 0.5) is 0 Å². The summed E-state index contributed by atoms with van der Waals surface area (Å²) in [5, 5.41) is 4.47. The molecule has 1 aromatic heterocycles. The highest BCUT2D eigenvalue weighted by Gasteiger charge is 2.17. The first-order valence-electron chi connectivity index (χ1n) is 8.30. The molecule has 0 atom stereocenters. The molecule has 0 amide bonds. The zero-order valence-electron chi connectivity index (χ0n) is 14.7. The Morgan fingerprint density at radius 1 is 1.15 bits per heavy atom. The Morgan fingerprint density at radius 2 is 1.92 bits per heavy atom. The maximum Gasteiger partial charge on any atom is 0.258 e. The minimum atomic E-state index is 0.352. The van der Waals surface area contributed by atoms with E-state index >= 15 is 0 Å². The molecule has 0 fully saturated rings. The largest absolute Gasteiger partial charge is 0.493 e. The summed E-state index contributed by atoms with van der Waals surface area (Å²) in [6.07, 6.45) is 0.872. The van der Waals surface area contributed by atoms with Gasteiger partial charge in [0.05, 0.1) is 18.7 Å². The molecule has 0 bridgehead atoms. The Labute approximate surface area is 156 Å². The molecule has 0 spiro atoms. The molecule has 0 saturated heterocycles. The molecule has 26 heavy (non-hydrogen) atoms. The lowest BCUT2D eigenvalue weighted by molar-refractivity contribution is 0.294. The molecule has 0 saturated carbocycles. The van der Waals surface area contributed by atoms with Crippen LogP contribution in [0, 0.1) is 0 Å². The van der Waals surface area contributed by atoms with Crippen molar-refractivity contribution in [1.82, 2.24) is 10.1 Å². The molecule has 2 N–H and O–H groups in total. The lowest BCUT2D eigenvalue weighted by Gasteiger charge is -2.12. The van der Waals surface area contributed by atoms with E-state index in [1.165, 1.54) is 0 Å². The Hall–Kier alpha value is -2.57. The van der Waals surface area contributed by atoms with Crippen LogP contribution in [0.15, 0.2) is 40.9 Å². The van der Waals surface area contributed by atoms with Gasteiger partial charge in [-0.1, -0.05) is 47.9 Å². The van der Waals surface area contributed by atoms with Crippen molar-refractivity contribution < 1.29 is 14.0 Å². The molecule has 0 radical (unpaired) electrons. The summed E-state index contributed by atoms with van der Waals surface area (Å²) in [5.74, 6) is 1.87. The first-order chi connectivity index (χ1) is 12.7. The first-order valence-corrected chi connectivity index (χ1v) is 8.67. The van der Waals surface area contributed by atoms with Crippen molar-refractivity contribution in [2.24, 2.45) is 5.73 Å². The minimum Gasteiger partial charge on any atom is -0.493 e. The molecule has 7 heteroatoms. The molecule has 2 aromatic carbocycles. The zero-order chi connectivity index (χ0) is 18.5. The van der Waals surface area contributed by atoms with Crippen LogP contribution in [-0.2, 0) is 6.54 Å². The van der Waals surface area contributed by atoms with E-state index in [4.69, 9.17) is 31.3 Å². The average Bonchev–Trinajstić information content (AvgIpc) is 3.16. The topological polar surface area (TPSA) is 83.4 Å². The van der Waals surface area contributed by atoms with Gasteiger partial charge < -0.3 is 19.7 Å². The molecule has 3 aromatic rings. The van der Waals surface area contributed by atoms with Gasteiger partial charge in [-0.3, -0.25) is 0 Å². The third-order valence-corrected chi connectivity index (χ3v) is 4.08. The number of nitrogens with zero attached hydrogens (tertiary/aromatic N) is 2. The lowest BCUT2D eigenvalue weighted by Crippen LogP contribution is -1.99. The van der Waals surface area contributed by atoms with E-state index in [0.717, 1.165) is 17.5 Å². The zero-order valence-corrected chi connectivity index (χ0v) is 15.4. The van der Waals surface area contributed by atoms with E-state index in [1.807, 2.05) is 31.2 Å². The summed E-state index contributed by atoms with van der Waals surface area (Å²) in [6, 6.07) is 11.2. The number of methoxy groups -OCH3 is 1. The standard InChI is InChI=1S/C19H20ClN3O3/c1-3-8-25-17-15(20)9-14(10-16(17)24-2)19-22-18(23-26-19)13-6-4-12(11-21)5-7-13/h4-7,9-10H,3,8,11,21H2,1-2H3. The number of rotatable bonds is 7. The predicted octanol–water partition coefficient (Wildman–Crippen LogP) is 4.31. The van der Waals surface area contributed by atoms with E-state index in [-0.39, 0.29) is 0 Å². The molecule has 136 valence electrons. The molecule has 3 rings (SSSR count). The van der Waals surface area contributed by atoms with Crippen molar-refractivity contribution in [2.45, 2.75) is 19.9 Å². The van der Waals surface area contributed by atoms with E-state index in [1.54, 1.807) is 19.2 Å². The van der Waals surface area contributed by atoms with Gasteiger partial charge in [-0.15, -0.1) is 0 Å². The number of nitrogens with two attached hydrogens (primary N) is 1. The van der Waals surface area contributed by atoms with E-state index < -0.39 is 0 Å². The fraction of sp³-hybridized carbons (Fsp3) is 0.263. The number of ether oxygens (including phenoxy) is 2. The van der Waals surface area contributed by atoms with E-state index in [9.17, 15) is 0 Å². The van der Waals surface area contributed by atoms with Crippen LogP contribution in [0.2, 0.25) is 5.02 Å². The second kappa shape index (κ2) is 8.21. The Morgan fingerprint density at radius 3 is 2.58 bits per heavy atom. The molecule has 6 nitrogen and oxygen atoms in total. The van der Waals surface area contributed by atoms with Crippen LogP contribution in [0.5, 0.6) is 11.5 Å². The van der Waals surface area contributed by atoms with Crippen molar-refractivity contribution in [3.05, 3.63) is 47.0 Å². The van der Waals surface area contributed by atoms with Crippen LogP contribution in [0.3, 0.4) is 0 Å². The highest BCUT2D eigenvalue weighted by Crippen LogP contribution is 2.39. The van der Waals surface area contributed by atoms with Crippen LogP contribution in [0.25, 0.3) is 22.8 Å². The third kappa shape index (κ3) is 3.81. The highest BCUT2D eigenvalue weighted by atomic mass is 35.5. The maximum atomic E-state index is 6.35. The van der Waals surface area contributed by atoms with Gasteiger partial charge in [0, 0.05) is 17.7 Å². The third-order valence-electron chi connectivity index (χ3n) is 3.80. The van der Waals surface area contributed by atoms with Gasteiger partial charge in [-0.05, 0) is 24.1 Å². The molecule has 0 unspecified atom stereocenters. The molecule has 0 aliphatic rings. The summed E-state index contributed by atoms with van der Waals surface area (Å²) in [7, 11) is 1.56. The Kier molecular flexibility index (Phi) is 5.75. The summed E-state index contributed by atoms with van der Waals surface area (Å²) < 4.78 is 16.4. The Bertz CT molecular complexity index is 878. The van der Waals surface area contributed by atoms with Crippen LogP contribution in [-0.4, -0.2) is 23.9 Å². The summed E-state index contributed by atoms with van der Waals surface area (Å²) >= 11 is 6.35. The van der Waals surface area contributed by atoms with Crippen molar-refractivity contribution in [1.29, 1.82) is 0 Å². The van der Waals surface area contributed by atoms with Crippen LogP contribution in [0.1, 0.15) is 18.9 Å². The monoisotopic (exact) mass is 373 g/mol. The van der Waals surface area contributed by atoms with Gasteiger partial charge in [-0.25, -0.2) is 0 Å². The SMILES string of the molecule is CCCOc1c(Cl)cc(-c2nc(-c3ccc(CN)cc3)no2)cc1OC. The molecule has 0 aliphatic carbocycles. The average molecular weight is 374 g/mol. The van der Waals surface area contributed by atoms with Crippen molar-refractivity contribution >= 4 is 11.6 Å². The predicted molar refractivity (Wildman–Crippen MR) is 100 cm³/mol. The smallest absolute Gasteiger partial charge is 0.258 e. The van der Waals surface area contributed by atoms with Crippen LogP contribution < -0.4 is 15.2 Å². The number of hydrogen-bond acceptors (Lipinski definition) is 6. The lowest BCUT2D eigenvalue weighted by atomic mass is 10.1. The number of hydrogen-bond donors (Lipinski definition) is 1. The minimum absolute atomic E-state index is 0.352. The molecular formula is C19H20ClN3O3. The van der Waals surface area contributed by atoms with Crippen LogP contribution >= 0.6 is 11.6 Å². The van der Waals surface area contributed by atoms with Gasteiger partial charge in [0.15, 0.2) is 11.5 Å². The van der Waals surface area contributed by atoms with Gasteiger partial charge in [0.2, 0.25) is 5.82 Å². The molecule has 1 heterocycles. The normalized spacial score (nSPS) is 10.8. The van der Waals surface area contributed by atoms with E-state index in [0.29, 0.717) is 47.0 Å². The van der Waals surface area contributed by atoms with Gasteiger partial charge in [-0.2, -0.15) is 4.98 Å². The van der Waals surface area contributed by atoms with Gasteiger partial charge >= 0.3 is 0 Å². The molecule has 0 aliphatic heterocycles. The van der Waals surface area contributed by atoms with E-state index in [2.05, 4.69) is 10.1 Å². The van der Waals surface area contributed by atoms with Gasteiger partial charge in [0.1, 0.15) is 0 Å².